The topological polar surface area (TPSA) is 60.5 Å². The van der Waals surface area contributed by atoms with E-state index in [1.54, 1.807) is 20.4 Å². The van der Waals surface area contributed by atoms with Gasteiger partial charge in [-0.1, -0.05) is 60.7 Å². The molecule has 1 amide bonds. The summed E-state index contributed by atoms with van der Waals surface area (Å²) in [5, 5.41) is 4.07. The summed E-state index contributed by atoms with van der Waals surface area (Å²) in [6.07, 6.45) is 1.94. The minimum Gasteiger partial charge on any atom is -0.497 e. The van der Waals surface area contributed by atoms with Crippen LogP contribution in [0.1, 0.15) is 5.56 Å². The zero-order valence-electron chi connectivity index (χ0n) is 20.2. The standard InChI is InChI=1S/C31H26N2O3/c1-35-24-15-11-21(12-16-24)26-8-4-9-27(22-13-17-25(36-2)18-14-22)28(26)20-30(34)33-29-10-3-6-23-7-5-19-32-31(23)29/h3-19H,20H2,1-2H3,(H,33,34). The first-order valence-electron chi connectivity index (χ1n) is 11.7. The van der Waals surface area contributed by atoms with Gasteiger partial charge in [0, 0.05) is 11.6 Å². The lowest BCUT2D eigenvalue weighted by Gasteiger charge is -2.17. The fourth-order valence-electron chi connectivity index (χ4n) is 4.42. The van der Waals surface area contributed by atoms with Crippen molar-refractivity contribution in [3.05, 3.63) is 109 Å². The van der Waals surface area contributed by atoms with Crippen LogP contribution in [0.15, 0.2) is 103 Å². The molecule has 0 radical (unpaired) electrons. The van der Waals surface area contributed by atoms with Crippen molar-refractivity contribution in [1.29, 1.82) is 0 Å². The number of pyridine rings is 1. The van der Waals surface area contributed by atoms with Crippen LogP contribution in [0.25, 0.3) is 33.2 Å². The summed E-state index contributed by atoms with van der Waals surface area (Å²) in [4.78, 5) is 17.9. The summed E-state index contributed by atoms with van der Waals surface area (Å²) >= 11 is 0. The maximum atomic E-state index is 13.4. The van der Waals surface area contributed by atoms with E-state index in [-0.39, 0.29) is 12.3 Å². The molecule has 0 fully saturated rings. The van der Waals surface area contributed by atoms with Gasteiger partial charge in [-0.05, 0) is 64.2 Å². The van der Waals surface area contributed by atoms with Crippen LogP contribution < -0.4 is 14.8 Å². The highest BCUT2D eigenvalue weighted by Crippen LogP contribution is 2.35. The highest BCUT2D eigenvalue weighted by atomic mass is 16.5. The minimum absolute atomic E-state index is 0.108. The molecule has 1 N–H and O–H groups in total. The number of methoxy groups -OCH3 is 2. The fourth-order valence-corrected chi connectivity index (χ4v) is 4.42. The molecule has 0 saturated carbocycles. The van der Waals surface area contributed by atoms with Gasteiger partial charge in [0.1, 0.15) is 11.5 Å². The van der Waals surface area contributed by atoms with Gasteiger partial charge in [0.2, 0.25) is 5.91 Å². The Bertz CT molecular complexity index is 1440. The molecule has 5 aromatic rings. The number of ether oxygens (including phenoxy) is 2. The van der Waals surface area contributed by atoms with E-state index in [9.17, 15) is 4.79 Å². The molecule has 0 atom stereocenters. The second kappa shape index (κ2) is 10.3. The molecule has 0 unspecified atom stereocenters. The second-order valence-corrected chi connectivity index (χ2v) is 8.39. The molecule has 0 saturated heterocycles. The number of aromatic nitrogens is 1. The number of nitrogens with one attached hydrogen (secondary N) is 1. The predicted molar refractivity (Wildman–Crippen MR) is 144 cm³/mol. The van der Waals surface area contributed by atoms with Crippen LogP contribution in [0, 0.1) is 0 Å². The zero-order chi connectivity index (χ0) is 24.9. The molecule has 1 aromatic heterocycles. The third-order valence-electron chi connectivity index (χ3n) is 6.22. The van der Waals surface area contributed by atoms with E-state index in [4.69, 9.17) is 9.47 Å². The van der Waals surface area contributed by atoms with Crippen LogP contribution in [0.2, 0.25) is 0 Å². The lowest BCUT2D eigenvalue weighted by molar-refractivity contribution is -0.115. The molecule has 0 aliphatic heterocycles. The van der Waals surface area contributed by atoms with Crippen LogP contribution in [0.5, 0.6) is 11.5 Å². The van der Waals surface area contributed by atoms with E-state index in [0.717, 1.165) is 50.2 Å². The Morgan fingerprint density at radius 2 is 1.28 bits per heavy atom. The van der Waals surface area contributed by atoms with Crippen molar-refractivity contribution >= 4 is 22.5 Å². The van der Waals surface area contributed by atoms with Gasteiger partial charge in [0.05, 0.1) is 31.8 Å². The molecule has 0 spiro atoms. The summed E-state index contributed by atoms with van der Waals surface area (Å²) < 4.78 is 10.7. The number of carbonyl (C=O) groups excluding carboxylic acids is 1. The first-order chi connectivity index (χ1) is 17.7. The van der Waals surface area contributed by atoms with Gasteiger partial charge < -0.3 is 14.8 Å². The molecular weight excluding hydrogens is 448 g/mol. The molecule has 5 nitrogen and oxygen atoms in total. The van der Waals surface area contributed by atoms with Crippen molar-refractivity contribution in [3.63, 3.8) is 0 Å². The van der Waals surface area contributed by atoms with Crippen LogP contribution >= 0.6 is 0 Å². The molecular formula is C31H26N2O3. The van der Waals surface area contributed by atoms with Crippen LogP contribution in [-0.2, 0) is 11.2 Å². The highest BCUT2D eigenvalue weighted by molar-refractivity contribution is 6.02. The maximum Gasteiger partial charge on any atom is 0.228 e. The summed E-state index contributed by atoms with van der Waals surface area (Å²) in [7, 11) is 3.30. The van der Waals surface area contributed by atoms with Gasteiger partial charge in [-0.15, -0.1) is 0 Å². The molecule has 36 heavy (non-hydrogen) atoms. The molecule has 178 valence electrons. The SMILES string of the molecule is COc1ccc(-c2cccc(-c3ccc(OC)cc3)c2CC(=O)Nc2cccc3cccnc23)cc1. The Hall–Kier alpha value is -4.64. The molecule has 0 aliphatic carbocycles. The van der Waals surface area contributed by atoms with Crippen LogP contribution in [-0.4, -0.2) is 25.1 Å². The molecule has 1 heterocycles. The van der Waals surface area contributed by atoms with E-state index >= 15 is 0 Å². The summed E-state index contributed by atoms with van der Waals surface area (Å²) in [5.74, 6) is 1.46. The lowest BCUT2D eigenvalue weighted by Crippen LogP contribution is -2.16. The monoisotopic (exact) mass is 474 g/mol. The summed E-state index contributed by atoms with van der Waals surface area (Å²) in [6.45, 7) is 0. The average Bonchev–Trinajstić information content (AvgIpc) is 2.93. The third-order valence-corrected chi connectivity index (χ3v) is 6.22. The molecule has 0 bridgehead atoms. The number of hydrogen-bond donors (Lipinski definition) is 1. The largest absolute Gasteiger partial charge is 0.497 e. The van der Waals surface area contributed by atoms with Crippen molar-refractivity contribution < 1.29 is 14.3 Å². The Kier molecular flexibility index (Phi) is 6.63. The predicted octanol–water partition coefficient (Wildman–Crippen LogP) is 6.77. The zero-order valence-corrected chi connectivity index (χ0v) is 20.2. The molecule has 5 heteroatoms. The lowest BCUT2D eigenvalue weighted by atomic mass is 9.89. The molecule has 0 aliphatic rings. The van der Waals surface area contributed by atoms with Crippen molar-refractivity contribution in [2.45, 2.75) is 6.42 Å². The Morgan fingerprint density at radius 3 is 1.86 bits per heavy atom. The highest BCUT2D eigenvalue weighted by Gasteiger charge is 2.17. The van der Waals surface area contributed by atoms with Gasteiger partial charge in [-0.3, -0.25) is 9.78 Å². The number of fused-ring (bicyclic) bond motifs is 1. The number of para-hydroxylation sites is 1. The number of nitrogens with zero attached hydrogens (tertiary/aromatic N) is 1. The summed E-state index contributed by atoms with van der Waals surface area (Å²) in [6, 6.07) is 31.6. The quantitative estimate of drug-likeness (QED) is 0.283. The van der Waals surface area contributed by atoms with E-state index in [1.807, 2.05) is 84.9 Å². The average molecular weight is 475 g/mol. The van der Waals surface area contributed by atoms with Crippen molar-refractivity contribution in [2.75, 3.05) is 19.5 Å². The number of benzene rings is 4. The van der Waals surface area contributed by atoms with Gasteiger partial charge in [0.15, 0.2) is 0 Å². The summed E-state index contributed by atoms with van der Waals surface area (Å²) in [5.41, 5.74) is 6.44. The smallest absolute Gasteiger partial charge is 0.228 e. The molecule has 4 aromatic carbocycles. The normalized spacial score (nSPS) is 10.7. The number of amides is 1. The maximum absolute atomic E-state index is 13.4. The fraction of sp³-hybridized carbons (Fsp3) is 0.0968. The van der Waals surface area contributed by atoms with Crippen molar-refractivity contribution in [1.82, 2.24) is 4.98 Å². The van der Waals surface area contributed by atoms with Crippen molar-refractivity contribution in [2.24, 2.45) is 0 Å². The molecule has 5 rings (SSSR count). The Morgan fingerprint density at radius 1 is 0.722 bits per heavy atom. The number of anilines is 1. The third kappa shape index (κ3) is 4.77. The van der Waals surface area contributed by atoms with E-state index in [2.05, 4.69) is 22.4 Å². The Labute approximate surface area is 210 Å². The van der Waals surface area contributed by atoms with E-state index in [0.29, 0.717) is 5.69 Å². The number of hydrogen-bond acceptors (Lipinski definition) is 4. The van der Waals surface area contributed by atoms with E-state index < -0.39 is 0 Å². The van der Waals surface area contributed by atoms with Gasteiger partial charge in [-0.2, -0.15) is 0 Å². The van der Waals surface area contributed by atoms with Gasteiger partial charge in [0.25, 0.3) is 0 Å². The second-order valence-electron chi connectivity index (χ2n) is 8.39. The van der Waals surface area contributed by atoms with Gasteiger partial charge in [-0.25, -0.2) is 0 Å². The van der Waals surface area contributed by atoms with Crippen molar-refractivity contribution in [3.8, 4) is 33.8 Å². The number of carbonyl (C=O) groups is 1. The van der Waals surface area contributed by atoms with E-state index in [1.165, 1.54) is 0 Å². The van der Waals surface area contributed by atoms with Crippen LogP contribution in [0.3, 0.4) is 0 Å². The minimum atomic E-state index is -0.108. The first-order valence-corrected chi connectivity index (χ1v) is 11.7. The first kappa shape index (κ1) is 23.1. The van der Waals surface area contributed by atoms with Crippen LogP contribution in [0.4, 0.5) is 5.69 Å². The van der Waals surface area contributed by atoms with Gasteiger partial charge >= 0.3 is 0 Å². The Balaban J connectivity index is 1.55. The number of rotatable bonds is 7.